The highest BCUT2D eigenvalue weighted by molar-refractivity contribution is 7.85. The molecule has 0 radical (unpaired) electrons. The van der Waals surface area contributed by atoms with Crippen molar-refractivity contribution in [2.45, 2.75) is 0 Å². The molecule has 1 heterocycles. The predicted octanol–water partition coefficient (Wildman–Crippen LogP) is 1.14. The summed E-state index contributed by atoms with van der Waals surface area (Å²) in [6, 6.07) is 8.20. The summed E-state index contributed by atoms with van der Waals surface area (Å²) in [7, 11) is -2.11. The Balaban J connectivity index is 0.000000249. The zero-order valence-corrected chi connectivity index (χ0v) is 10.2. The third kappa shape index (κ3) is 5.23. The van der Waals surface area contributed by atoms with Crippen LogP contribution in [0, 0.1) is 0 Å². The number of rotatable bonds is 1. The predicted molar refractivity (Wildman–Crippen MR) is 63.6 cm³/mol. The monoisotopic (exact) mass is 256 g/mol. The van der Waals surface area contributed by atoms with Gasteiger partial charge in [0.1, 0.15) is 0 Å². The molecule has 0 bridgehead atoms. The molecule has 0 aliphatic carbocycles. The summed E-state index contributed by atoms with van der Waals surface area (Å²) < 4.78 is 30.8. The molecule has 2 rings (SSSR count). The van der Waals surface area contributed by atoms with Crippen LogP contribution in [0.4, 0.5) is 0 Å². The first-order valence-corrected chi connectivity index (χ1v) is 6.43. The Bertz CT molecular complexity index is 590. The van der Waals surface area contributed by atoms with Gasteiger partial charge in [0.2, 0.25) is 0 Å². The van der Waals surface area contributed by atoms with Gasteiger partial charge in [-0.25, -0.2) is 4.98 Å². The molecule has 17 heavy (non-hydrogen) atoms. The van der Waals surface area contributed by atoms with E-state index in [1.54, 1.807) is 13.3 Å². The molecular formula is C10H12N2O4S. The summed E-state index contributed by atoms with van der Waals surface area (Å²) in [5, 5.41) is 1.03. The van der Waals surface area contributed by atoms with E-state index >= 15 is 0 Å². The van der Waals surface area contributed by atoms with Crippen molar-refractivity contribution in [2.24, 2.45) is 0 Å². The van der Waals surface area contributed by atoms with Gasteiger partial charge in [0.15, 0.2) is 0 Å². The van der Waals surface area contributed by atoms with E-state index in [9.17, 15) is 8.42 Å². The fourth-order valence-corrected chi connectivity index (χ4v) is 1.05. The summed E-state index contributed by atoms with van der Waals surface area (Å²) in [4.78, 5) is 8.15. The Morgan fingerprint density at radius 2 is 1.88 bits per heavy atom. The van der Waals surface area contributed by atoms with Crippen LogP contribution in [0.15, 0.2) is 30.5 Å². The van der Waals surface area contributed by atoms with Gasteiger partial charge in [-0.1, -0.05) is 18.2 Å². The molecule has 2 aromatic rings. The summed E-state index contributed by atoms with van der Waals surface area (Å²) in [6.45, 7) is 0. The van der Waals surface area contributed by atoms with Gasteiger partial charge in [-0.3, -0.25) is 4.55 Å². The maximum absolute atomic E-state index is 9.19. The fraction of sp³-hybridized carbons (Fsp3) is 0.200. The second-order valence-electron chi connectivity index (χ2n) is 3.15. The topological polar surface area (TPSA) is 89.4 Å². The van der Waals surface area contributed by atoms with E-state index in [-0.39, 0.29) is 0 Å². The van der Waals surface area contributed by atoms with Crippen molar-refractivity contribution in [3.63, 3.8) is 0 Å². The number of aromatic nitrogens is 2. The van der Waals surface area contributed by atoms with Gasteiger partial charge in [-0.2, -0.15) is 13.4 Å². The fourth-order valence-electron chi connectivity index (χ4n) is 1.05. The van der Waals surface area contributed by atoms with Gasteiger partial charge in [-0.05, 0) is 6.07 Å². The van der Waals surface area contributed by atoms with Crippen molar-refractivity contribution in [3.8, 4) is 6.01 Å². The molecule has 7 heteroatoms. The zero-order valence-electron chi connectivity index (χ0n) is 9.36. The molecule has 1 aromatic carbocycles. The lowest BCUT2D eigenvalue weighted by molar-refractivity contribution is 0.382. The average Bonchev–Trinajstić information content (AvgIpc) is 2.26. The maximum Gasteiger partial charge on any atom is 0.316 e. The van der Waals surface area contributed by atoms with Crippen LogP contribution in [-0.2, 0) is 10.1 Å². The van der Waals surface area contributed by atoms with Crippen LogP contribution >= 0.6 is 0 Å². The SMILES string of the molecule is COc1ncc2ccccc2n1.CS(=O)(=O)O. The zero-order chi connectivity index (χ0) is 12.9. The summed E-state index contributed by atoms with van der Waals surface area (Å²) in [5.41, 5.74) is 0.907. The molecule has 0 aliphatic heterocycles. The Hall–Kier alpha value is -1.73. The first kappa shape index (κ1) is 13.3. The lowest BCUT2D eigenvalue weighted by Crippen LogP contribution is -1.90. The minimum Gasteiger partial charge on any atom is -0.467 e. The van der Waals surface area contributed by atoms with Gasteiger partial charge in [0, 0.05) is 11.6 Å². The average molecular weight is 256 g/mol. The van der Waals surface area contributed by atoms with E-state index in [1.165, 1.54) is 0 Å². The van der Waals surface area contributed by atoms with E-state index in [4.69, 9.17) is 9.29 Å². The van der Waals surface area contributed by atoms with Crippen LogP contribution in [0.2, 0.25) is 0 Å². The molecule has 0 spiro atoms. The lowest BCUT2D eigenvalue weighted by atomic mass is 10.2. The molecule has 0 aliphatic rings. The second kappa shape index (κ2) is 5.55. The summed E-state index contributed by atoms with van der Waals surface area (Å²) in [5.74, 6) is 0. The van der Waals surface area contributed by atoms with Gasteiger partial charge in [0.25, 0.3) is 10.1 Å². The van der Waals surface area contributed by atoms with E-state index in [2.05, 4.69) is 9.97 Å². The molecule has 0 saturated carbocycles. The minimum absolute atomic E-state index is 0.411. The highest BCUT2D eigenvalue weighted by Gasteiger charge is 1.96. The molecule has 1 N–H and O–H groups in total. The number of hydrogen-bond acceptors (Lipinski definition) is 5. The van der Waals surface area contributed by atoms with E-state index in [0.29, 0.717) is 12.3 Å². The summed E-state index contributed by atoms with van der Waals surface area (Å²) >= 11 is 0. The van der Waals surface area contributed by atoms with Crippen molar-refractivity contribution in [3.05, 3.63) is 30.5 Å². The molecule has 0 amide bonds. The van der Waals surface area contributed by atoms with Crippen LogP contribution < -0.4 is 4.74 Å². The van der Waals surface area contributed by atoms with Crippen molar-refractivity contribution in [2.75, 3.05) is 13.4 Å². The number of para-hydroxylation sites is 1. The number of nitrogens with zero attached hydrogens (tertiary/aromatic N) is 2. The van der Waals surface area contributed by atoms with Crippen molar-refractivity contribution >= 4 is 21.0 Å². The molecule has 0 fully saturated rings. The van der Waals surface area contributed by atoms with Gasteiger partial charge >= 0.3 is 6.01 Å². The highest BCUT2D eigenvalue weighted by atomic mass is 32.2. The van der Waals surface area contributed by atoms with Crippen LogP contribution in [-0.4, -0.2) is 36.3 Å². The molecule has 0 atom stereocenters. The van der Waals surface area contributed by atoms with Crippen molar-refractivity contribution in [1.29, 1.82) is 0 Å². The molecule has 1 aromatic heterocycles. The Kier molecular flexibility index (Phi) is 4.36. The van der Waals surface area contributed by atoms with E-state index in [0.717, 1.165) is 10.9 Å². The third-order valence-corrected chi connectivity index (χ3v) is 1.65. The molecule has 6 nitrogen and oxygen atoms in total. The van der Waals surface area contributed by atoms with Gasteiger partial charge < -0.3 is 4.74 Å². The third-order valence-electron chi connectivity index (χ3n) is 1.65. The summed E-state index contributed by atoms with van der Waals surface area (Å²) in [6.07, 6.45) is 2.47. The number of methoxy groups -OCH3 is 1. The van der Waals surface area contributed by atoms with Crippen molar-refractivity contribution < 1.29 is 17.7 Å². The molecule has 92 valence electrons. The number of fused-ring (bicyclic) bond motifs is 1. The Morgan fingerprint density at radius 3 is 2.47 bits per heavy atom. The molecule has 0 unspecified atom stereocenters. The number of benzene rings is 1. The quantitative estimate of drug-likeness (QED) is 0.770. The standard InChI is InChI=1S/C9H8N2O.CH4O3S/c1-12-9-10-6-7-4-2-3-5-8(7)11-9;1-5(2,3)4/h2-6H,1H3;1H3,(H,2,3,4). The largest absolute Gasteiger partial charge is 0.467 e. The Labute approximate surface area is 99.0 Å². The van der Waals surface area contributed by atoms with Crippen LogP contribution in [0.3, 0.4) is 0 Å². The minimum atomic E-state index is -3.67. The van der Waals surface area contributed by atoms with Crippen LogP contribution in [0.25, 0.3) is 10.9 Å². The van der Waals surface area contributed by atoms with E-state index in [1.807, 2.05) is 24.3 Å². The number of hydrogen-bond donors (Lipinski definition) is 1. The smallest absolute Gasteiger partial charge is 0.316 e. The first-order valence-electron chi connectivity index (χ1n) is 4.58. The van der Waals surface area contributed by atoms with E-state index < -0.39 is 10.1 Å². The maximum atomic E-state index is 9.19. The van der Waals surface area contributed by atoms with Gasteiger partial charge in [-0.15, -0.1) is 0 Å². The lowest BCUT2D eigenvalue weighted by Gasteiger charge is -1.98. The molecule has 0 saturated heterocycles. The van der Waals surface area contributed by atoms with Crippen LogP contribution in [0.5, 0.6) is 6.01 Å². The first-order chi connectivity index (χ1) is 7.90. The normalized spacial score (nSPS) is 10.5. The highest BCUT2D eigenvalue weighted by Crippen LogP contribution is 2.11. The number of ether oxygens (including phenoxy) is 1. The molecular weight excluding hydrogens is 244 g/mol. The van der Waals surface area contributed by atoms with Crippen LogP contribution in [0.1, 0.15) is 0 Å². The Morgan fingerprint density at radius 1 is 1.29 bits per heavy atom. The van der Waals surface area contributed by atoms with Crippen molar-refractivity contribution in [1.82, 2.24) is 9.97 Å². The van der Waals surface area contributed by atoms with Gasteiger partial charge in [0.05, 0.1) is 18.9 Å². The second-order valence-corrected chi connectivity index (χ2v) is 4.61.